The van der Waals surface area contributed by atoms with Gasteiger partial charge in [0.25, 0.3) is 0 Å². The molecule has 1 aromatic rings. The first kappa shape index (κ1) is 10.0. The highest BCUT2D eigenvalue weighted by Gasteiger charge is 2.22. The van der Waals surface area contributed by atoms with Gasteiger partial charge < -0.3 is 5.32 Å². The number of anilines is 1. The second-order valence-corrected chi connectivity index (χ2v) is 4.63. The highest BCUT2D eigenvalue weighted by molar-refractivity contribution is 14.1. The van der Waals surface area contributed by atoms with Crippen LogP contribution in [0.3, 0.4) is 0 Å². The zero-order valence-electron chi connectivity index (χ0n) is 7.26. The van der Waals surface area contributed by atoms with E-state index in [-0.39, 0.29) is 6.03 Å². The summed E-state index contributed by atoms with van der Waals surface area (Å²) in [6.07, 6.45) is 0. The molecule has 0 unspecified atom stereocenters. The molecule has 1 heterocycles. The Hall–Kier alpha value is -0.490. The van der Waals surface area contributed by atoms with Crippen molar-refractivity contribution in [2.24, 2.45) is 0 Å². The molecule has 1 aliphatic heterocycles. The van der Waals surface area contributed by atoms with Gasteiger partial charge in [0, 0.05) is 16.7 Å². The lowest BCUT2D eigenvalue weighted by Crippen LogP contribution is -2.27. The predicted molar refractivity (Wildman–Crippen MR) is 64.9 cm³/mol. The summed E-state index contributed by atoms with van der Waals surface area (Å²) in [7, 11) is 0. The maximum atomic E-state index is 11.4. The summed E-state index contributed by atoms with van der Waals surface area (Å²) < 4.78 is 1.07. The number of hydrogen-bond acceptors (Lipinski definition) is 1. The van der Waals surface area contributed by atoms with Gasteiger partial charge in [-0.25, -0.2) is 4.79 Å². The summed E-state index contributed by atoms with van der Waals surface area (Å²) in [5, 5.41) is 3.36. The molecule has 0 bridgehead atoms. The third kappa shape index (κ3) is 1.81. The Morgan fingerprint density at radius 1 is 1.50 bits per heavy atom. The van der Waals surface area contributed by atoms with Crippen LogP contribution in [-0.2, 0) is 0 Å². The third-order valence-corrected chi connectivity index (χ3v) is 3.03. The predicted octanol–water partition coefficient (Wildman–Crippen LogP) is 2.47. The first-order valence-corrected chi connectivity index (χ1v) is 5.64. The van der Waals surface area contributed by atoms with Crippen molar-refractivity contribution >= 4 is 45.9 Å². The lowest BCUT2D eigenvalue weighted by atomic mass is 10.3. The molecule has 0 aliphatic carbocycles. The Morgan fingerprint density at radius 2 is 2.29 bits per heavy atom. The normalized spacial score (nSPS) is 15.9. The van der Waals surface area contributed by atoms with Crippen molar-refractivity contribution in [3.8, 4) is 0 Å². The second kappa shape index (κ2) is 3.94. The SMILES string of the molecule is O=C1NCCN1c1ccc(I)cc1Cl. The first-order chi connectivity index (χ1) is 6.68. The van der Waals surface area contributed by atoms with Gasteiger partial charge in [-0.1, -0.05) is 11.6 Å². The number of amides is 2. The summed E-state index contributed by atoms with van der Waals surface area (Å²) >= 11 is 8.24. The fourth-order valence-electron chi connectivity index (χ4n) is 1.40. The smallest absolute Gasteiger partial charge is 0.322 e. The molecule has 0 spiro atoms. The van der Waals surface area contributed by atoms with Crippen molar-refractivity contribution < 1.29 is 4.79 Å². The molecular weight excluding hydrogens is 314 g/mol. The first-order valence-electron chi connectivity index (χ1n) is 4.19. The highest BCUT2D eigenvalue weighted by Crippen LogP contribution is 2.28. The van der Waals surface area contributed by atoms with Gasteiger partial charge in [-0.2, -0.15) is 0 Å². The Morgan fingerprint density at radius 3 is 2.86 bits per heavy atom. The van der Waals surface area contributed by atoms with Gasteiger partial charge in [-0.05, 0) is 40.8 Å². The monoisotopic (exact) mass is 322 g/mol. The molecule has 0 radical (unpaired) electrons. The molecule has 2 amide bonds. The van der Waals surface area contributed by atoms with E-state index in [0.29, 0.717) is 18.1 Å². The van der Waals surface area contributed by atoms with E-state index < -0.39 is 0 Å². The molecule has 0 saturated carbocycles. The number of halogens is 2. The van der Waals surface area contributed by atoms with Crippen molar-refractivity contribution in [2.75, 3.05) is 18.0 Å². The molecule has 5 heteroatoms. The van der Waals surface area contributed by atoms with Crippen molar-refractivity contribution in [2.45, 2.75) is 0 Å². The number of benzene rings is 1. The summed E-state index contributed by atoms with van der Waals surface area (Å²) in [5.74, 6) is 0. The summed E-state index contributed by atoms with van der Waals surface area (Å²) in [6, 6.07) is 5.58. The number of hydrogen-bond donors (Lipinski definition) is 1. The number of carbonyl (C=O) groups excluding carboxylic acids is 1. The molecule has 74 valence electrons. The van der Waals surface area contributed by atoms with Gasteiger partial charge >= 0.3 is 6.03 Å². The minimum atomic E-state index is -0.0758. The number of nitrogens with zero attached hydrogens (tertiary/aromatic N) is 1. The van der Waals surface area contributed by atoms with Crippen molar-refractivity contribution in [3.05, 3.63) is 26.8 Å². The van der Waals surface area contributed by atoms with E-state index >= 15 is 0 Å². The molecule has 3 nitrogen and oxygen atoms in total. The van der Waals surface area contributed by atoms with E-state index in [1.807, 2.05) is 18.2 Å². The molecule has 1 aromatic carbocycles. The van der Waals surface area contributed by atoms with Crippen molar-refractivity contribution in [1.82, 2.24) is 5.32 Å². The Labute approximate surface area is 101 Å². The Kier molecular flexibility index (Phi) is 2.83. The van der Waals surface area contributed by atoms with Crippen LogP contribution in [-0.4, -0.2) is 19.1 Å². The molecule has 1 fully saturated rings. The van der Waals surface area contributed by atoms with Gasteiger partial charge in [0.05, 0.1) is 10.7 Å². The van der Waals surface area contributed by atoms with E-state index in [0.717, 1.165) is 9.26 Å². The largest absolute Gasteiger partial charge is 0.336 e. The van der Waals surface area contributed by atoms with E-state index in [9.17, 15) is 4.79 Å². The molecule has 2 rings (SSSR count). The van der Waals surface area contributed by atoms with Gasteiger partial charge in [-0.3, -0.25) is 4.90 Å². The third-order valence-electron chi connectivity index (χ3n) is 2.06. The van der Waals surface area contributed by atoms with Crippen LogP contribution in [0.2, 0.25) is 5.02 Å². The van der Waals surface area contributed by atoms with Gasteiger partial charge in [-0.15, -0.1) is 0 Å². The maximum Gasteiger partial charge on any atom is 0.322 e. The van der Waals surface area contributed by atoms with E-state index in [4.69, 9.17) is 11.6 Å². The quantitative estimate of drug-likeness (QED) is 0.792. The molecular formula is C9H8ClIN2O. The average molecular weight is 323 g/mol. The van der Waals surface area contributed by atoms with E-state index in [2.05, 4.69) is 27.9 Å². The van der Waals surface area contributed by atoms with Gasteiger partial charge in [0.15, 0.2) is 0 Å². The lowest BCUT2D eigenvalue weighted by Gasteiger charge is -2.15. The maximum absolute atomic E-state index is 11.4. The minimum Gasteiger partial charge on any atom is -0.336 e. The molecule has 14 heavy (non-hydrogen) atoms. The summed E-state index contributed by atoms with van der Waals surface area (Å²) in [5.41, 5.74) is 0.780. The van der Waals surface area contributed by atoms with Crippen LogP contribution in [0, 0.1) is 3.57 Å². The number of urea groups is 1. The van der Waals surface area contributed by atoms with E-state index in [1.54, 1.807) is 4.90 Å². The zero-order chi connectivity index (χ0) is 10.1. The molecule has 0 atom stereocenters. The van der Waals surface area contributed by atoms with Crippen molar-refractivity contribution in [1.29, 1.82) is 0 Å². The lowest BCUT2D eigenvalue weighted by molar-refractivity contribution is 0.252. The number of rotatable bonds is 1. The zero-order valence-corrected chi connectivity index (χ0v) is 10.2. The number of nitrogens with one attached hydrogen (secondary N) is 1. The van der Waals surface area contributed by atoms with Crippen LogP contribution in [0.4, 0.5) is 10.5 Å². The second-order valence-electron chi connectivity index (χ2n) is 2.98. The Bertz CT molecular complexity index is 383. The highest BCUT2D eigenvalue weighted by atomic mass is 127. The molecule has 1 aliphatic rings. The average Bonchev–Trinajstić information content (AvgIpc) is 2.52. The van der Waals surface area contributed by atoms with Crippen LogP contribution < -0.4 is 10.2 Å². The van der Waals surface area contributed by atoms with Crippen LogP contribution >= 0.6 is 34.2 Å². The van der Waals surface area contributed by atoms with Gasteiger partial charge in [0.2, 0.25) is 0 Å². The molecule has 1 N–H and O–H groups in total. The minimum absolute atomic E-state index is 0.0758. The summed E-state index contributed by atoms with van der Waals surface area (Å²) in [4.78, 5) is 13.0. The van der Waals surface area contributed by atoms with Crippen LogP contribution in [0.5, 0.6) is 0 Å². The van der Waals surface area contributed by atoms with Crippen LogP contribution in [0.15, 0.2) is 18.2 Å². The molecule has 1 saturated heterocycles. The topological polar surface area (TPSA) is 32.3 Å². The fourth-order valence-corrected chi connectivity index (χ4v) is 2.36. The van der Waals surface area contributed by atoms with Crippen molar-refractivity contribution in [3.63, 3.8) is 0 Å². The number of carbonyl (C=O) groups is 1. The summed E-state index contributed by atoms with van der Waals surface area (Å²) in [6.45, 7) is 1.36. The van der Waals surface area contributed by atoms with E-state index in [1.165, 1.54) is 0 Å². The Balaban J connectivity index is 2.36. The molecule has 0 aromatic heterocycles. The van der Waals surface area contributed by atoms with Crippen LogP contribution in [0.1, 0.15) is 0 Å². The fraction of sp³-hybridized carbons (Fsp3) is 0.222. The van der Waals surface area contributed by atoms with Crippen LogP contribution in [0.25, 0.3) is 0 Å². The van der Waals surface area contributed by atoms with Gasteiger partial charge in [0.1, 0.15) is 0 Å². The standard InChI is InChI=1S/C9H8ClIN2O/c10-7-5-6(11)1-2-8(7)13-4-3-12-9(13)14/h1-2,5H,3-4H2,(H,12,14).